The molecule has 2 aliphatic rings. The van der Waals surface area contributed by atoms with Crippen molar-refractivity contribution in [1.29, 1.82) is 0 Å². The molecule has 2 aliphatic heterocycles. The Labute approximate surface area is 156 Å². The summed E-state index contributed by atoms with van der Waals surface area (Å²) in [5.74, 6) is 0. The van der Waals surface area contributed by atoms with E-state index in [1.165, 1.54) is 0 Å². The van der Waals surface area contributed by atoms with Crippen LogP contribution in [0.2, 0.25) is 0 Å². The second kappa shape index (κ2) is 6.37. The molecule has 0 amide bonds. The van der Waals surface area contributed by atoms with Gasteiger partial charge in [0.15, 0.2) is 0 Å². The number of hydrogen-bond acceptors (Lipinski definition) is 3. The average Bonchev–Trinajstić information content (AvgIpc) is 3.42. The number of nitrogens with one attached hydrogen (secondary N) is 1. The van der Waals surface area contributed by atoms with Gasteiger partial charge in [-0.15, -0.1) is 0 Å². The van der Waals surface area contributed by atoms with E-state index >= 15 is 0 Å². The maximum absolute atomic E-state index is 5.85. The number of rotatable bonds is 2. The van der Waals surface area contributed by atoms with Crippen LogP contribution in [0.3, 0.4) is 0 Å². The van der Waals surface area contributed by atoms with Crippen LogP contribution in [0.15, 0.2) is 48.5 Å². The lowest BCUT2D eigenvalue weighted by molar-refractivity contribution is 0.756. The molecular weight excluding hydrogens is 334 g/mol. The number of fused-ring (bicyclic) bond motifs is 8. The first-order valence-electron chi connectivity index (χ1n) is 9.02. The van der Waals surface area contributed by atoms with Crippen LogP contribution >= 0.6 is 0 Å². The van der Waals surface area contributed by atoms with E-state index in [-0.39, 0.29) is 0 Å². The fourth-order valence-corrected chi connectivity index (χ4v) is 3.47. The zero-order valence-electron chi connectivity index (χ0n) is 14.8. The van der Waals surface area contributed by atoms with Gasteiger partial charge in [-0.1, -0.05) is 0 Å². The highest BCUT2D eigenvalue weighted by Crippen LogP contribution is 2.19. The molecule has 27 heavy (non-hydrogen) atoms. The molecule has 5 rings (SSSR count). The SMILES string of the molecule is NCCn1c2ccc1cc1nc(cc3ccc(cc4nc(c2)C=C4)[nH]3)C=C1. The predicted octanol–water partition coefficient (Wildman–Crippen LogP) is 4.09. The third kappa shape index (κ3) is 3.09. The Morgan fingerprint density at radius 2 is 1.19 bits per heavy atom. The van der Waals surface area contributed by atoms with Crippen molar-refractivity contribution in [2.24, 2.45) is 5.73 Å². The van der Waals surface area contributed by atoms with Crippen LogP contribution in [-0.2, 0) is 6.54 Å². The zero-order chi connectivity index (χ0) is 18.2. The molecule has 0 saturated heterocycles. The van der Waals surface area contributed by atoms with Gasteiger partial charge in [-0.05, 0) is 72.8 Å². The van der Waals surface area contributed by atoms with Crippen molar-refractivity contribution in [3.8, 4) is 0 Å². The highest BCUT2D eigenvalue weighted by molar-refractivity contribution is 5.77. The van der Waals surface area contributed by atoms with Gasteiger partial charge in [0.2, 0.25) is 0 Å². The lowest BCUT2D eigenvalue weighted by Crippen LogP contribution is -2.09. The lowest BCUT2D eigenvalue weighted by atomic mass is 10.3. The maximum Gasteiger partial charge on any atom is 0.0658 e. The largest absolute Gasteiger partial charge is 0.355 e. The number of H-pyrrole nitrogens is 1. The third-order valence-corrected chi connectivity index (χ3v) is 4.70. The first-order chi connectivity index (χ1) is 13.3. The van der Waals surface area contributed by atoms with Crippen molar-refractivity contribution in [2.45, 2.75) is 6.54 Å². The molecular formula is C22H19N5. The molecule has 0 aliphatic carbocycles. The minimum Gasteiger partial charge on any atom is -0.355 e. The van der Waals surface area contributed by atoms with Gasteiger partial charge in [-0.2, -0.15) is 0 Å². The molecule has 0 radical (unpaired) electrons. The highest BCUT2D eigenvalue weighted by Gasteiger charge is 2.04. The molecule has 132 valence electrons. The molecule has 0 saturated carbocycles. The van der Waals surface area contributed by atoms with Gasteiger partial charge in [-0.3, -0.25) is 0 Å². The quantitative estimate of drug-likeness (QED) is 0.502. The van der Waals surface area contributed by atoms with Crippen molar-refractivity contribution in [3.63, 3.8) is 0 Å². The lowest BCUT2D eigenvalue weighted by Gasteiger charge is -2.03. The first kappa shape index (κ1) is 15.8. The summed E-state index contributed by atoms with van der Waals surface area (Å²) in [5.41, 5.74) is 13.8. The molecule has 0 spiro atoms. The molecule has 0 atom stereocenters. The van der Waals surface area contributed by atoms with Crippen molar-refractivity contribution >= 4 is 46.4 Å². The summed E-state index contributed by atoms with van der Waals surface area (Å²) in [6.07, 6.45) is 8.13. The predicted molar refractivity (Wildman–Crippen MR) is 112 cm³/mol. The van der Waals surface area contributed by atoms with Crippen LogP contribution in [0.5, 0.6) is 0 Å². The van der Waals surface area contributed by atoms with Crippen LogP contribution < -0.4 is 5.73 Å². The second-order valence-corrected chi connectivity index (χ2v) is 6.66. The number of nitrogens with two attached hydrogens (primary N) is 1. The molecule has 0 unspecified atom stereocenters. The van der Waals surface area contributed by atoms with Gasteiger partial charge >= 0.3 is 0 Å². The van der Waals surface area contributed by atoms with Crippen LogP contribution in [-0.4, -0.2) is 26.1 Å². The molecule has 5 heteroatoms. The number of aromatic nitrogens is 4. The monoisotopic (exact) mass is 353 g/mol. The smallest absolute Gasteiger partial charge is 0.0658 e. The molecule has 0 fully saturated rings. The Bertz CT molecular complexity index is 1150. The van der Waals surface area contributed by atoms with Gasteiger partial charge in [0.1, 0.15) is 0 Å². The minimum absolute atomic E-state index is 0.575. The van der Waals surface area contributed by atoms with Gasteiger partial charge < -0.3 is 15.3 Å². The standard InChI is InChI=1S/C22H19N5/c23-9-10-27-21-7-8-22(27)14-20-6-4-18(26-20)12-16-2-1-15(24-16)11-17-3-5-19(13-21)25-17/h1-8,11-14,24H,9-10,23H2. The van der Waals surface area contributed by atoms with E-state index in [2.05, 4.69) is 45.9 Å². The maximum atomic E-state index is 5.85. The van der Waals surface area contributed by atoms with E-state index in [9.17, 15) is 0 Å². The Kier molecular flexibility index (Phi) is 3.73. The van der Waals surface area contributed by atoms with Crippen molar-refractivity contribution in [2.75, 3.05) is 6.54 Å². The summed E-state index contributed by atoms with van der Waals surface area (Å²) in [5, 5.41) is 0. The topological polar surface area (TPSA) is 72.5 Å². The van der Waals surface area contributed by atoms with Gasteiger partial charge in [0.05, 0.1) is 22.8 Å². The molecule has 0 aromatic carbocycles. The Morgan fingerprint density at radius 3 is 1.67 bits per heavy atom. The Morgan fingerprint density at radius 1 is 0.704 bits per heavy atom. The van der Waals surface area contributed by atoms with Gasteiger partial charge in [0.25, 0.3) is 0 Å². The molecule has 3 aromatic heterocycles. The van der Waals surface area contributed by atoms with Crippen molar-refractivity contribution < 1.29 is 0 Å². The molecule has 5 heterocycles. The van der Waals surface area contributed by atoms with E-state index < -0.39 is 0 Å². The summed E-state index contributed by atoms with van der Waals surface area (Å²) in [4.78, 5) is 12.8. The first-order valence-corrected chi connectivity index (χ1v) is 9.02. The zero-order valence-corrected chi connectivity index (χ0v) is 14.8. The number of hydrogen-bond donors (Lipinski definition) is 2. The van der Waals surface area contributed by atoms with E-state index in [1.807, 2.05) is 36.4 Å². The van der Waals surface area contributed by atoms with Crippen LogP contribution in [0.4, 0.5) is 0 Å². The van der Waals surface area contributed by atoms with Crippen LogP contribution in [0, 0.1) is 0 Å². The molecule has 8 bridgehead atoms. The summed E-state index contributed by atoms with van der Waals surface area (Å²) in [7, 11) is 0. The fourth-order valence-electron chi connectivity index (χ4n) is 3.47. The fraction of sp³-hybridized carbons (Fsp3) is 0.0909. The van der Waals surface area contributed by atoms with Crippen LogP contribution in [0.1, 0.15) is 22.8 Å². The van der Waals surface area contributed by atoms with E-state index in [4.69, 9.17) is 15.7 Å². The van der Waals surface area contributed by atoms with Crippen LogP contribution in [0.25, 0.3) is 46.4 Å². The van der Waals surface area contributed by atoms with Crippen molar-refractivity contribution in [3.05, 3.63) is 71.3 Å². The minimum atomic E-state index is 0.575. The van der Waals surface area contributed by atoms with E-state index in [0.29, 0.717) is 6.54 Å². The Balaban J connectivity index is 1.86. The molecule has 3 aromatic rings. The van der Waals surface area contributed by atoms with Gasteiger partial charge in [-0.25, -0.2) is 9.97 Å². The van der Waals surface area contributed by atoms with E-state index in [1.54, 1.807) is 0 Å². The van der Waals surface area contributed by atoms with Crippen molar-refractivity contribution in [1.82, 2.24) is 19.5 Å². The summed E-state index contributed by atoms with van der Waals surface area (Å²) in [6.45, 7) is 1.32. The third-order valence-electron chi connectivity index (χ3n) is 4.70. The molecule has 3 N–H and O–H groups in total. The molecule has 5 nitrogen and oxygen atoms in total. The second-order valence-electron chi connectivity index (χ2n) is 6.66. The Hall–Kier alpha value is -3.44. The summed E-state index contributed by atoms with van der Waals surface area (Å²) < 4.78 is 2.21. The summed E-state index contributed by atoms with van der Waals surface area (Å²) in [6, 6.07) is 16.6. The normalized spacial score (nSPS) is 12.6. The van der Waals surface area contributed by atoms with E-state index in [0.717, 1.165) is 51.4 Å². The summed E-state index contributed by atoms with van der Waals surface area (Å²) >= 11 is 0. The van der Waals surface area contributed by atoms with Gasteiger partial charge in [0, 0.05) is 35.2 Å². The highest BCUT2D eigenvalue weighted by atomic mass is 15.0. The number of nitrogens with zero attached hydrogens (tertiary/aromatic N) is 3. The number of aromatic amines is 1. The average molecular weight is 353 g/mol.